The van der Waals surface area contributed by atoms with Gasteiger partial charge >= 0.3 is 0 Å². The second-order valence-corrected chi connectivity index (χ2v) is 5.30. The van der Waals surface area contributed by atoms with Crippen LogP contribution in [0.5, 0.6) is 0 Å². The minimum atomic E-state index is -0.107. The van der Waals surface area contributed by atoms with E-state index in [0.29, 0.717) is 18.3 Å². The Morgan fingerprint density at radius 3 is 2.79 bits per heavy atom. The molecule has 0 radical (unpaired) electrons. The van der Waals surface area contributed by atoms with Crippen LogP contribution in [-0.2, 0) is 6.54 Å². The highest BCUT2D eigenvalue weighted by Crippen LogP contribution is 2.23. The molecular weight excluding hydrogens is 310 g/mol. The van der Waals surface area contributed by atoms with Crippen LogP contribution in [0.25, 0.3) is 0 Å². The molecule has 0 amide bonds. The van der Waals surface area contributed by atoms with Crippen LogP contribution in [0.3, 0.4) is 0 Å². The molecule has 0 fully saturated rings. The van der Waals surface area contributed by atoms with Crippen molar-refractivity contribution in [2.45, 2.75) is 19.5 Å². The minimum absolute atomic E-state index is 0.0278. The summed E-state index contributed by atoms with van der Waals surface area (Å²) in [6.45, 7) is 2.28. The first-order valence-corrected chi connectivity index (χ1v) is 6.75. The van der Waals surface area contributed by atoms with E-state index in [9.17, 15) is 5.11 Å². The molecular formula is C13H16BrN3O2. The van der Waals surface area contributed by atoms with Gasteiger partial charge in [0.2, 0.25) is 11.8 Å². The maximum Gasteiger partial charge on any atom is 0.230 e. The summed E-state index contributed by atoms with van der Waals surface area (Å²) >= 11 is 3.44. The van der Waals surface area contributed by atoms with Crippen LogP contribution in [0.15, 0.2) is 33.2 Å². The molecule has 6 heteroatoms. The Hall–Kier alpha value is -1.24. The largest absolute Gasteiger partial charge is 0.424 e. The third-order valence-electron chi connectivity index (χ3n) is 2.89. The van der Waals surface area contributed by atoms with Crippen molar-refractivity contribution in [1.82, 2.24) is 15.1 Å². The molecule has 0 aliphatic rings. The summed E-state index contributed by atoms with van der Waals surface area (Å²) in [6.07, 6.45) is 0. The summed E-state index contributed by atoms with van der Waals surface area (Å²) in [4.78, 5) is 1.98. The van der Waals surface area contributed by atoms with Gasteiger partial charge in [-0.15, -0.1) is 10.2 Å². The Bertz CT molecular complexity index is 544. The number of rotatable bonds is 5. The summed E-state index contributed by atoms with van der Waals surface area (Å²) in [6, 6.07) is 7.79. The van der Waals surface area contributed by atoms with Gasteiger partial charge in [0.1, 0.15) is 0 Å². The van der Waals surface area contributed by atoms with Crippen molar-refractivity contribution in [1.29, 1.82) is 0 Å². The van der Waals surface area contributed by atoms with Crippen molar-refractivity contribution in [3.63, 3.8) is 0 Å². The van der Waals surface area contributed by atoms with Crippen LogP contribution >= 0.6 is 15.9 Å². The highest BCUT2D eigenvalue weighted by molar-refractivity contribution is 9.10. The summed E-state index contributed by atoms with van der Waals surface area (Å²) in [5.74, 6) is 1.10. The quantitative estimate of drug-likeness (QED) is 0.913. The maximum atomic E-state index is 9.60. The molecule has 2 aromatic rings. The Morgan fingerprint density at radius 1 is 1.42 bits per heavy atom. The number of aliphatic hydroxyl groups excluding tert-OH is 1. The molecule has 2 rings (SSSR count). The molecule has 0 bridgehead atoms. The molecule has 0 aliphatic carbocycles. The zero-order chi connectivity index (χ0) is 13.8. The van der Waals surface area contributed by atoms with Gasteiger partial charge < -0.3 is 9.52 Å². The molecule has 0 saturated heterocycles. The highest BCUT2D eigenvalue weighted by Gasteiger charge is 2.18. The van der Waals surface area contributed by atoms with Gasteiger partial charge in [-0.2, -0.15) is 0 Å². The monoisotopic (exact) mass is 325 g/mol. The van der Waals surface area contributed by atoms with Gasteiger partial charge in [-0.25, -0.2) is 0 Å². The topological polar surface area (TPSA) is 62.4 Å². The van der Waals surface area contributed by atoms with E-state index in [1.165, 1.54) is 0 Å². The van der Waals surface area contributed by atoms with E-state index in [-0.39, 0.29) is 12.6 Å². The normalized spacial score (nSPS) is 12.9. The predicted octanol–water partition coefficient (Wildman–Crippen LogP) is 2.31. The van der Waals surface area contributed by atoms with Gasteiger partial charge in [0, 0.05) is 11.4 Å². The van der Waals surface area contributed by atoms with E-state index in [1.807, 2.05) is 36.2 Å². The molecule has 1 heterocycles. The van der Waals surface area contributed by atoms with Crippen molar-refractivity contribution < 1.29 is 9.52 Å². The molecule has 1 atom stereocenters. The van der Waals surface area contributed by atoms with Crippen LogP contribution in [-0.4, -0.2) is 33.9 Å². The van der Waals surface area contributed by atoms with E-state index >= 15 is 0 Å². The molecule has 1 N–H and O–H groups in total. The van der Waals surface area contributed by atoms with Gasteiger partial charge in [0.05, 0.1) is 19.2 Å². The van der Waals surface area contributed by atoms with Crippen molar-refractivity contribution in [2.24, 2.45) is 0 Å². The summed E-state index contributed by atoms with van der Waals surface area (Å²) < 4.78 is 6.34. The lowest BCUT2D eigenvalue weighted by Crippen LogP contribution is -2.27. The number of likely N-dealkylation sites (N-methyl/N-ethyl adjacent to an activating group) is 1. The lowest BCUT2D eigenvalue weighted by atomic mass is 10.1. The van der Waals surface area contributed by atoms with Gasteiger partial charge in [-0.05, 0) is 24.7 Å². The lowest BCUT2D eigenvalue weighted by Gasteiger charge is -2.25. The number of aliphatic hydroxyl groups is 1. The molecule has 1 aromatic carbocycles. The first-order valence-electron chi connectivity index (χ1n) is 5.95. The average Bonchev–Trinajstić information content (AvgIpc) is 2.75. The van der Waals surface area contributed by atoms with Crippen molar-refractivity contribution >= 4 is 15.9 Å². The molecule has 1 aromatic heterocycles. The van der Waals surface area contributed by atoms with Gasteiger partial charge in [-0.1, -0.05) is 28.1 Å². The molecule has 1 unspecified atom stereocenters. The van der Waals surface area contributed by atoms with Crippen molar-refractivity contribution in [3.8, 4) is 0 Å². The zero-order valence-corrected chi connectivity index (χ0v) is 12.5. The molecule has 5 nitrogen and oxygen atoms in total. The first kappa shape index (κ1) is 14.2. The Morgan fingerprint density at radius 2 is 2.21 bits per heavy atom. The van der Waals surface area contributed by atoms with Gasteiger partial charge in [0.15, 0.2) is 0 Å². The van der Waals surface area contributed by atoms with Crippen LogP contribution in [0.1, 0.15) is 23.4 Å². The Kier molecular flexibility index (Phi) is 4.68. The van der Waals surface area contributed by atoms with Crippen molar-refractivity contribution in [3.05, 3.63) is 46.1 Å². The molecule has 0 aliphatic heterocycles. The fourth-order valence-electron chi connectivity index (χ4n) is 1.94. The number of benzene rings is 1. The van der Waals surface area contributed by atoms with Gasteiger partial charge in [-0.3, -0.25) is 4.90 Å². The SMILES string of the molecule is Cc1nnc(CN(C)C(CO)c2cccc(Br)c2)o1. The first-order chi connectivity index (χ1) is 9.10. The Labute approximate surface area is 120 Å². The summed E-state index contributed by atoms with van der Waals surface area (Å²) in [5, 5.41) is 17.4. The predicted molar refractivity (Wildman–Crippen MR) is 74.5 cm³/mol. The van der Waals surface area contributed by atoms with E-state index in [4.69, 9.17) is 4.42 Å². The van der Waals surface area contributed by atoms with E-state index in [1.54, 1.807) is 6.92 Å². The Balaban J connectivity index is 2.12. The number of aromatic nitrogens is 2. The number of nitrogens with zero attached hydrogens (tertiary/aromatic N) is 3. The zero-order valence-electron chi connectivity index (χ0n) is 10.9. The highest BCUT2D eigenvalue weighted by atomic mass is 79.9. The number of aryl methyl sites for hydroxylation is 1. The number of hydrogen-bond donors (Lipinski definition) is 1. The molecule has 0 saturated carbocycles. The van der Waals surface area contributed by atoms with Crippen LogP contribution in [0.4, 0.5) is 0 Å². The number of hydrogen-bond acceptors (Lipinski definition) is 5. The third-order valence-corrected chi connectivity index (χ3v) is 3.38. The van der Waals surface area contributed by atoms with Gasteiger partial charge in [0.25, 0.3) is 0 Å². The second-order valence-electron chi connectivity index (χ2n) is 4.38. The fraction of sp³-hybridized carbons (Fsp3) is 0.385. The standard InChI is InChI=1S/C13H16BrN3O2/c1-9-15-16-13(19-9)7-17(2)12(8-18)10-4-3-5-11(14)6-10/h3-6,12,18H,7-8H2,1-2H3. The molecule has 19 heavy (non-hydrogen) atoms. The van der Waals surface area contributed by atoms with Crippen LogP contribution < -0.4 is 0 Å². The second kappa shape index (κ2) is 6.27. The van der Waals surface area contributed by atoms with Crippen molar-refractivity contribution in [2.75, 3.05) is 13.7 Å². The molecule has 102 valence electrons. The molecule has 0 spiro atoms. The number of halogens is 1. The maximum absolute atomic E-state index is 9.60. The van der Waals surface area contributed by atoms with E-state index in [2.05, 4.69) is 26.1 Å². The fourth-order valence-corrected chi connectivity index (χ4v) is 2.36. The minimum Gasteiger partial charge on any atom is -0.424 e. The van der Waals surface area contributed by atoms with E-state index in [0.717, 1.165) is 10.0 Å². The van der Waals surface area contributed by atoms with Crippen LogP contribution in [0, 0.1) is 6.92 Å². The van der Waals surface area contributed by atoms with E-state index < -0.39 is 0 Å². The average molecular weight is 326 g/mol. The van der Waals surface area contributed by atoms with Crippen LogP contribution in [0.2, 0.25) is 0 Å². The summed E-state index contributed by atoms with van der Waals surface area (Å²) in [5.41, 5.74) is 1.04. The lowest BCUT2D eigenvalue weighted by molar-refractivity contribution is 0.133. The smallest absolute Gasteiger partial charge is 0.230 e. The summed E-state index contributed by atoms with van der Waals surface area (Å²) in [7, 11) is 1.92. The third kappa shape index (κ3) is 3.62.